The fourth-order valence-electron chi connectivity index (χ4n) is 11.2. The Morgan fingerprint density at radius 2 is 0.894 bits per heavy atom. The molecule has 0 fully saturated rings. The summed E-state index contributed by atoms with van der Waals surface area (Å²) >= 11 is 0. The summed E-state index contributed by atoms with van der Waals surface area (Å²) in [6.45, 7) is 0. The van der Waals surface area contributed by atoms with E-state index in [1.165, 1.54) is 38.8 Å². The smallest absolute Gasteiger partial charge is 0.0972 e. The third-order valence-corrected chi connectivity index (χ3v) is 14.0. The molecule has 1 spiro atoms. The number of hydrogen-bond donors (Lipinski definition) is 0. The predicted molar refractivity (Wildman–Crippen MR) is 272 cm³/mol. The van der Waals surface area contributed by atoms with Crippen molar-refractivity contribution in [3.63, 3.8) is 0 Å². The number of aromatic nitrogens is 3. The fraction of sp³-hybridized carbons (Fsp3) is 0.0161. The van der Waals surface area contributed by atoms with Crippen LogP contribution in [0.25, 0.3) is 88.4 Å². The Hall–Kier alpha value is -8.73. The van der Waals surface area contributed by atoms with E-state index >= 15 is 0 Å². The van der Waals surface area contributed by atoms with E-state index in [4.69, 9.17) is 15.0 Å². The molecular formula is C62H38N4. The third-order valence-electron chi connectivity index (χ3n) is 14.0. The van der Waals surface area contributed by atoms with Gasteiger partial charge in [0.25, 0.3) is 0 Å². The van der Waals surface area contributed by atoms with E-state index in [9.17, 15) is 0 Å². The standard InChI is InChI=1S/C62H38N4/c1-4-17-39(18-5-1)54-35-33-41-31-32-42-34-36-56(65-60(42)59(41)63-54)47-26-16-29-52-61(47)66(43-21-8-3-9-22-43)57-38-49-48(46-25-12-15-30-55(46)64-58(49)40-19-6-2-7-20-40)37-53(57)62(52)50-27-13-10-23-44(50)45-24-11-14-28-51(45)62/h1-38H. The van der Waals surface area contributed by atoms with E-state index < -0.39 is 5.41 Å². The number of pyridine rings is 3. The van der Waals surface area contributed by atoms with Crippen molar-refractivity contribution in [1.82, 2.24) is 15.0 Å². The topological polar surface area (TPSA) is 41.9 Å². The van der Waals surface area contributed by atoms with Gasteiger partial charge in [-0.2, -0.15) is 0 Å². The van der Waals surface area contributed by atoms with E-state index in [0.29, 0.717) is 0 Å². The van der Waals surface area contributed by atoms with Crippen LogP contribution in [0, 0.1) is 0 Å². The number of para-hydroxylation sites is 3. The summed E-state index contributed by atoms with van der Waals surface area (Å²) in [6.07, 6.45) is 0. The van der Waals surface area contributed by atoms with Crippen LogP contribution < -0.4 is 4.90 Å². The van der Waals surface area contributed by atoms with Gasteiger partial charge in [0.2, 0.25) is 0 Å². The number of benzene rings is 9. The Bertz CT molecular complexity index is 3890. The summed E-state index contributed by atoms with van der Waals surface area (Å²) in [5.74, 6) is 0. The maximum atomic E-state index is 5.64. The van der Waals surface area contributed by atoms with E-state index in [1.807, 2.05) is 6.07 Å². The third kappa shape index (κ3) is 5.18. The minimum Gasteiger partial charge on any atom is -0.309 e. The highest BCUT2D eigenvalue weighted by Crippen LogP contribution is 2.65. The van der Waals surface area contributed by atoms with E-state index in [0.717, 1.165) is 88.9 Å². The lowest BCUT2D eigenvalue weighted by atomic mass is 9.63. The van der Waals surface area contributed by atoms with Crippen LogP contribution in [0.1, 0.15) is 22.3 Å². The molecule has 2 aliphatic rings. The Kier molecular flexibility index (Phi) is 7.87. The van der Waals surface area contributed by atoms with Crippen LogP contribution in [-0.2, 0) is 5.41 Å². The van der Waals surface area contributed by atoms with Crippen LogP contribution in [0.2, 0.25) is 0 Å². The molecule has 0 amide bonds. The summed E-state index contributed by atoms with van der Waals surface area (Å²) in [4.78, 5) is 18.9. The zero-order valence-electron chi connectivity index (χ0n) is 35.7. The van der Waals surface area contributed by atoms with Gasteiger partial charge in [-0.15, -0.1) is 0 Å². The van der Waals surface area contributed by atoms with Crippen molar-refractivity contribution >= 4 is 60.5 Å². The van der Waals surface area contributed by atoms with Gasteiger partial charge in [-0.3, -0.25) is 0 Å². The van der Waals surface area contributed by atoms with E-state index in [1.54, 1.807) is 0 Å². The van der Waals surface area contributed by atoms with Gasteiger partial charge < -0.3 is 4.90 Å². The molecule has 9 aromatic carbocycles. The lowest BCUT2D eigenvalue weighted by molar-refractivity contribution is 0.754. The molecule has 0 N–H and O–H groups in total. The van der Waals surface area contributed by atoms with E-state index in [2.05, 4.69) is 229 Å². The quantitative estimate of drug-likeness (QED) is 0.166. The average Bonchev–Trinajstić information content (AvgIpc) is 3.69. The first-order chi connectivity index (χ1) is 32.7. The first-order valence-corrected chi connectivity index (χ1v) is 22.6. The van der Waals surface area contributed by atoms with E-state index in [-0.39, 0.29) is 0 Å². The fourth-order valence-corrected chi connectivity index (χ4v) is 11.2. The first-order valence-electron chi connectivity index (χ1n) is 22.6. The van der Waals surface area contributed by atoms with Crippen molar-refractivity contribution in [2.75, 3.05) is 4.90 Å². The number of anilines is 3. The van der Waals surface area contributed by atoms with Crippen LogP contribution in [0.5, 0.6) is 0 Å². The molecule has 14 rings (SSSR count). The van der Waals surface area contributed by atoms with Crippen LogP contribution in [0.15, 0.2) is 231 Å². The van der Waals surface area contributed by atoms with Crippen LogP contribution >= 0.6 is 0 Å². The van der Waals surface area contributed by atoms with Crippen molar-refractivity contribution in [2.45, 2.75) is 5.41 Å². The monoisotopic (exact) mass is 838 g/mol. The largest absolute Gasteiger partial charge is 0.309 e. The summed E-state index contributed by atoms with van der Waals surface area (Å²) in [5, 5.41) is 5.52. The Morgan fingerprint density at radius 3 is 1.61 bits per heavy atom. The van der Waals surface area contributed by atoms with Crippen molar-refractivity contribution in [2.24, 2.45) is 0 Å². The van der Waals surface area contributed by atoms with Crippen molar-refractivity contribution in [3.8, 4) is 44.9 Å². The molecule has 3 aromatic heterocycles. The van der Waals surface area contributed by atoms with Crippen LogP contribution in [0.3, 0.4) is 0 Å². The van der Waals surface area contributed by atoms with Crippen molar-refractivity contribution < 1.29 is 0 Å². The van der Waals surface area contributed by atoms with Gasteiger partial charge in [0.05, 0.1) is 50.4 Å². The second-order valence-electron chi connectivity index (χ2n) is 17.4. The second-order valence-corrected chi connectivity index (χ2v) is 17.4. The zero-order valence-corrected chi connectivity index (χ0v) is 35.7. The summed E-state index contributed by atoms with van der Waals surface area (Å²) in [5.41, 5.74) is 18.8. The maximum Gasteiger partial charge on any atom is 0.0972 e. The average molecular weight is 839 g/mol. The molecule has 0 atom stereocenters. The minimum atomic E-state index is -0.680. The highest BCUT2D eigenvalue weighted by Gasteiger charge is 2.52. The molecule has 1 aliphatic carbocycles. The highest BCUT2D eigenvalue weighted by atomic mass is 15.2. The van der Waals surface area contributed by atoms with Crippen molar-refractivity contribution in [3.05, 3.63) is 253 Å². The summed E-state index contributed by atoms with van der Waals surface area (Å²) in [7, 11) is 0. The van der Waals surface area contributed by atoms with Crippen LogP contribution in [-0.4, -0.2) is 15.0 Å². The van der Waals surface area contributed by atoms with Crippen molar-refractivity contribution in [1.29, 1.82) is 0 Å². The lowest BCUT2D eigenvalue weighted by Gasteiger charge is -2.46. The molecule has 4 heterocycles. The van der Waals surface area contributed by atoms with Gasteiger partial charge >= 0.3 is 0 Å². The molecule has 0 bridgehead atoms. The molecule has 1 aliphatic heterocycles. The van der Waals surface area contributed by atoms with Gasteiger partial charge in [0.1, 0.15) is 0 Å². The number of nitrogens with zero attached hydrogens (tertiary/aromatic N) is 4. The highest BCUT2D eigenvalue weighted by molar-refractivity contribution is 6.14. The molecule has 66 heavy (non-hydrogen) atoms. The predicted octanol–water partition coefficient (Wildman–Crippen LogP) is 15.6. The first kappa shape index (κ1) is 36.7. The molecule has 306 valence electrons. The number of rotatable bonds is 4. The van der Waals surface area contributed by atoms with Gasteiger partial charge in [-0.05, 0) is 81.2 Å². The number of hydrogen-bond acceptors (Lipinski definition) is 4. The second kappa shape index (κ2) is 14.1. The minimum absolute atomic E-state index is 0.680. The lowest BCUT2D eigenvalue weighted by Crippen LogP contribution is -2.36. The Labute approximate surface area is 381 Å². The summed E-state index contributed by atoms with van der Waals surface area (Å²) in [6, 6.07) is 83.4. The van der Waals surface area contributed by atoms with Gasteiger partial charge in [0.15, 0.2) is 0 Å². The number of fused-ring (bicyclic) bond motifs is 15. The Morgan fingerprint density at radius 1 is 0.348 bits per heavy atom. The molecular weight excluding hydrogens is 801 g/mol. The Balaban J connectivity index is 1.13. The molecule has 0 radical (unpaired) electrons. The van der Waals surface area contributed by atoms with Crippen LogP contribution in [0.4, 0.5) is 17.1 Å². The molecule has 0 saturated heterocycles. The summed E-state index contributed by atoms with van der Waals surface area (Å²) < 4.78 is 0. The normalized spacial score (nSPS) is 13.2. The zero-order chi connectivity index (χ0) is 43.3. The maximum absolute atomic E-state index is 5.64. The van der Waals surface area contributed by atoms with Gasteiger partial charge in [-0.25, -0.2) is 15.0 Å². The molecule has 12 aromatic rings. The SMILES string of the molecule is c1ccc(-c2ccc3ccc4ccc(-c5cccc6c5N(c5ccccc5)c5cc7c(-c8ccccc8)nc8ccccc8c7cc5C65c6ccccc6-c6ccccc65)nc4c3n2)cc1. The molecule has 4 heteroatoms. The van der Waals surface area contributed by atoms with Gasteiger partial charge in [-0.1, -0.05) is 188 Å². The van der Waals surface area contributed by atoms with Gasteiger partial charge in [0, 0.05) is 43.9 Å². The molecule has 0 saturated carbocycles. The molecule has 4 nitrogen and oxygen atoms in total. The molecule has 0 unspecified atom stereocenters.